The van der Waals surface area contributed by atoms with E-state index >= 15 is 0 Å². The van der Waals surface area contributed by atoms with Gasteiger partial charge in [-0.1, -0.05) is 0 Å². The third-order valence-electron chi connectivity index (χ3n) is 2.21. The summed E-state index contributed by atoms with van der Waals surface area (Å²) in [6, 6.07) is 0. The first-order valence-electron chi connectivity index (χ1n) is 4.24. The number of likely N-dealkylation sites (N-methyl/N-ethyl adjacent to an activating group) is 3. The molecule has 1 saturated heterocycles. The van der Waals surface area contributed by atoms with Crippen LogP contribution in [0, 0.1) is 0 Å². The summed E-state index contributed by atoms with van der Waals surface area (Å²) in [6.45, 7) is 4.95. The summed E-state index contributed by atoms with van der Waals surface area (Å²) in [7, 11) is 6.68. The Morgan fingerprint density at radius 2 is 1.27 bits per heavy atom. The van der Waals surface area contributed by atoms with Gasteiger partial charge in [0.1, 0.15) is 0 Å². The van der Waals surface area contributed by atoms with Crippen molar-refractivity contribution in [2.24, 2.45) is 0 Å². The van der Waals surface area contributed by atoms with Crippen molar-refractivity contribution in [2.75, 3.05) is 47.3 Å². The lowest BCUT2D eigenvalue weighted by molar-refractivity contribution is 0.262. The van der Waals surface area contributed by atoms with Crippen LogP contribution in [0.25, 0.3) is 0 Å². The zero-order chi connectivity index (χ0) is 8.27. The molecule has 4 heteroatoms. The highest BCUT2D eigenvalue weighted by Crippen LogP contribution is 1.93. The van der Waals surface area contributed by atoms with E-state index in [-0.39, 0.29) is 15.7 Å². The van der Waals surface area contributed by atoms with Crippen molar-refractivity contribution in [1.29, 1.82) is 0 Å². The maximum absolute atomic E-state index is 2.50. The number of nitrogens with zero attached hydrogens (tertiary/aromatic N) is 3. The summed E-state index contributed by atoms with van der Waals surface area (Å²) in [5.74, 6) is 0. The van der Waals surface area contributed by atoms with Gasteiger partial charge in [0, 0.05) is 13.1 Å². The Morgan fingerprint density at radius 1 is 0.818 bits per heavy atom. The van der Waals surface area contributed by atoms with Crippen LogP contribution in [0.2, 0.25) is 0 Å². The van der Waals surface area contributed by atoms with Crippen molar-refractivity contribution in [3.05, 3.63) is 0 Å². The van der Waals surface area contributed by atoms with Crippen LogP contribution in [0.15, 0.2) is 0 Å². The van der Waals surface area contributed by atoms with E-state index in [1.807, 2.05) is 0 Å². The zero-order valence-corrected chi connectivity index (χ0v) is 9.29. The van der Waals surface area contributed by atoms with E-state index in [0.717, 1.165) is 0 Å². The summed E-state index contributed by atoms with van der Waals surface area (Å²) < 4.78 is 4.99. The summed E-state index contributed by atoms with van der Waals surface area (Å²) in [4.78, 5) is 2.40. The van der Waals surface area contributed by atoms with Crippen LogP contribution in [0.4, 0.5) is 0 Å². The average Bonchev–Trinajstić information content (AvgIpc) is 1.95. The number of rotatable bonds is 0. The van der Waals surface area contributed by atoms with Crippen LogP contribution in [0.5, 0.6) is 0 Å². The minimum absolute atomic E-state index is 0.0823. The molecule has 1 heterocycles. The molecule has 1 aliphatic rings. The Kier molecular flexibility index (Phi) is 3.84. The lowest BCUT2D eigenvalue weighted by atomic mass is 10.5. The molecule has 0 bridgehead atoms. The van der Waals surface area contributed by atoms with Gasteiger partial charge >= 0.3 is 15.7 Å². The fourth-order valence-electron chi connectivity index (χ4n) is 1.35. The van der Waals surface area contributed by atoms with Gasteiger partial charge in [0.05, 0.1) is 0 Å². The van der Waals surface area contributed by atoms with E-state index in [0.29, 0.717) is 0 Å². The van der Waals surface area contributed by atoms with Crippen LogP contribution in [-0.2, 0) is 0 Å². The molecule has 1 rings (SSSR count). The van der Waals surface area contributed by atoms with Gasteiger partial charge in [0.25, 0.3) is 0 Å². The Hall–Kier alpha value is 0.412. The van der Waals surface area contributed by atoms with Gasteiger partial charge < -0.3 is 12.7 Å². The average molecular weight is 171 g/mol. The predicted octanol–water partition coefficient (Wildman–Crippen LogP) is -0.938. The summed E-state index contributed by atoms with van der Waals surface area (Å²) in [5, 5.41) is 0. The SMILES string of the molecule is CN1CC[N](C)[AlH][N](C)CC1. The third-order valence-corrected chi connectivity index (χ3v) is 3.81. The van der Waals surface area contributed by atoms with E-state index < -0.39 is 0 Å². The Balaban J connectivity index is 2.34. The highest BCUT2D eigenvalue weighted by Gasteiger charge is 2.13. The van der Waals surface area contributed by atoms with Gasteiger partial charge in [-0.2, -0.15) is 0 Å². The fourth-order valence-corrected chi connectivity index (χ4v) is 2.74. The molecular formula is C7H18AlN3. The molecule has 0 amide bonds. The molecule has 0 aromatic rings. The molecule has 1 fully saturated rings. The monoisotopic (exact) mass is 171 g/mol. The quantitative estimate of drug-likeness (QED) is 0.436. The van der Waals surface area contributed by atoms with Crippen molar-refractivity contribution in [2.45, 2.75) is 0 Å². The zero-order valence-electron chi connectivity index (χ0n) is 7.88. The molecule has 0 radical (unpaired) electrons. The van der Waals surface area contributed by atoms with Crippen LogP contribution >= 0.6 is 0 Å². The van der Waals surface area contributed by atoms with Crippen LogP contribution in [0.3, 0.4) is 0 Å². The fraction of sp³-hybridized carbons (Fsp3) is 1.00. The Labute approximate surface area is 76.1 Å². The van der Waals surface area contributed by atoms with Crippen molar-refractivity contribution in [3.8, 4) is 0 Å². The number of hydrogen-bond acceptors (Lipinski definition) is 3. The summed E-state index contributed by atoms with van der Waals surface area (Å²) in [5.41, 5.74) is 0. The molecule has 0 aliphatic carbocycles. The van der Waals surface area contributed by atoms with Gasteiger partial charge in [0.15, 0.2) is 0 Å². The maximum atomic E-state index is 2.50. The topological polar surface area (TPSA) is 9.72 Å². The van der Waals surface area contributed by atoms with Crippen LogP contribution in [-0.4, -0.2) is 75.6 Å². The summed E-state index contributed by atoms with van der Waals surface area (Å²) in [6.07, 6.45) is 0. The molecule has 0 N–H and O–H groups in total. The normalized spacial score (nSPS) is 25.7. The van der Waals surface area contributed by atoms with Gasteiger partial charge in [0.2, 0.25) is 0 Å². The maximum Gasteiger partial charge on any atom is 0.462 e. The van der Waals surface area contributed by atoms with E-state index in [2.05, 4.69) is 33.8 Å². The third kappa shape index (κ3) is 3.55. The Bertz CT molecular complexity index is 108. The molecule has 0 atom stereocenters. The molecule has 11 heavy (non-hydrogen) atoms. The Morgan fingerprint density at radius 3 is 1.73 bits per heavy atom. The predicted molar refractivity (Wildman–Crippen MR) is 49.9 cm³/mol. The largest absolute Gasteiger partial charge is 0.462 e. The van der Waals surface area contributed by atoms with Crippen molar-refractivity contribution < 1.29 is 0 Å². The standard InChI is InChI=1S/C7H17N3.Al.H/c1-8-4-6-10(3)7-5-9-2;;/h4-7H2,1-3H3;;/q-2;+2;. The number of hydrogen-bond donors (Lipinski definition) is 0. The molecule has 1 aliphatic heterocycles. The van der Waals surface area contributed by atoms with Crippen LogP contribution in [0.1, 0.15) is 0 Å². The molecule has 0 saturated carbocycles. The molecule has 0 spiro atoms. The van der Waals surface area contributed by atoms with Gasteiger partial charge in [-0.05, 0) is 34.2 Å². The first-order chi connectivity index (χ1) is 5.18. The van der Waals surface area contributed by atoms with Crippen LogP contribution < -0.4 is 0 Å². The van der Waals surface area contributed by atoms with Gasteiger partial charge in [-0.25, -0.2) is 0 Å². The first-order valence-corrected chi connectivity index (χ1v) is 5.50. The molecule has 0 unspecified atom stereocenters. The minimum Gasteiger partial charge on any atom is -0.376 e. The second-order valence-electron chi connectivity index (χ2n) is 3.60. The van der Waals surface area contributed by atoms with E-state index in [1.165, 1.54) is 26.2 Å². The smallest absolute Gasteiger partial charge is 0.376 e. The summed E-state index contributed by atoms with van der Waals surface area (Å²) >= 11 is -0.0823. The van der Waals surface area contributed by atoms with Crippen molar-refractivity contribution in [1.82, 2.24) is 12.7 Å². The second-order valence-corrected chi connectivity index (χ2v) is 6.05. The molecule has 3 nitrogen and oxygen atoms in total. The van der Waals surface area contributed by atoms with Gasteiger partial charge in [-0.3, -0.25) is 0 Å². The second kappa shape index (κ2) is 4.44. The molecule has 64 valence electrons. The first kappa shape index (κ1) is 9.50. The van der Waals surface area contributed by atoms with Gasteiger partial charge in [-0.15, -0.1) is 0 Å². The lowest BCUT2D eigenvalue weighted by Gasteiger charge is -2.30. The molecular weight excluding hydrogens is 153 g/mol. The highest BCUT2D eigenvalue weighted by atomic mass is 27.1. The minimum atomic E-state index is -0.0823. The highest BCUT2D eigenvalue weighted by molar-refractivity contribution is 6.28. The lowest BCUT2D eigenvalue weighted by Crippen LogP contribution is -2.46. The van der Waals surface area contributed by atoms with E-state index in [4.69, 9.17) is 0 Å². The molecule has 0 aromatic carbocycles. The van der Waals surface area contributed by atoms with Crippen molar-refractivity contribution in [3.63, 3.8) is 0 Å². The molecule has 0 aromatic heterocycles. The van der Waals surface area contributed by atoms with Crippen molar-refractivity contribution >= 4 is 15.7 Å². The van der Waals surface area contributed by atoms with E-state index in [1.54, 1.807) is 0 Å². The van der Waals surface area contributed by atoms with E-state index in [9.17, 15) is 0 Å².